The Morgan fingerprint density at radius 2 is 1.82 bits per heavy atom. The molecular weight excluding hydrogens is 320 g/mol. The van der Waals surface area contributed by atoms with E-state index in [9.17, 15) is 13.2 Å². The van der Waals surface area contributed by atoms with E-state index >= 15 is 0 Å². The summed E-state index contributed by atoms with van der Waals surface area (Å²) in [4.78, 5) is 0. The number of nitrogens with one attached hydrogen (secondary N) is 2. The molecule has 0 aliphatic carbocycles. The fourth-order valence-corrected chi connectivity index (χ4v) is 1.33. The van der Waals surface area contributed by atoms with Gasteiger partial charge < -0.3 is 5.32 Å². The zero-order chi connectivity index (χ0) is 13.1. The number of hydrogen-bond donors (Lipinski definition) is 2. The number of halogens is 5. The smallest absolute Gasteiger partial charge is 0.360 e. The molecule has 0 fully saturated rings. The molecule has 0 heterocycles. The fourth-order valence-electron chi connectivity index (χ4n) is 0.900. The Kier molecular flexibility index (Phi) is 4.59. The summed E-state index contributed by atoms with van der Waals surface area (Å²) < 4.78 is 37.1. The van der Waals surface area contributed by atoms with E-state index in [0.29, 0.717) is 5.69 Å². The minimum Gasteiger partial charge on any atom is -0.360 e. The van der Waals surface area contributed by atoms with Crippen LogP contribution in [0.25, 0.3) is 0 Å². The van der Waals surface area contributed by atoms with Crippen LogP contribution in [-0.2, 0) is 0 Å². The van der Waals surface area contributed by atoms with Crippen molar-refractivity contribution in [3.05, 3.63) is 40.0 Å². The molecule has 0 saturated carbocycles. The highest BCUT2D eigenvalue weighted by molar-refractivity contribution is 9.10. The van der Waals surface area contributed by atoms with Gasteiger partial charge in [-0.3, -0.25) is 5.41 Å². The van der Waals surface area contributed by atoms with Crippen LogP contribution in [0.2, 0.25) is 0 Å². The molecule has 0 aliphatic heterocycles. The standard InChI is InChI=1S/C10H7BrClF3N2/c11-6-1-3-7(4-2-6)17-5-8(12)9(16)10(13,14)15/h1-5,16-17H/b8-5+,16-9?. The first kappa shape index (κ1) is 14.1. The van der Waals surface area contributed by atoms with Gasteiger partial charge in [0.2, 0.25) is 0 Å². The van der Waals surface area contributed by atoms with Crippen LogP contribution < -0.4 is 5.32 Å². The molecule has 2 nitrogen and oxygen atoms in total. The summed E-state index contributed by atoms with van der Waals surface area (Å²) in [6.07, 6.45) is -3.81. The monoisotopic (exact) mass is 326 g/mol. The molecule has 1 aromatic carbocycles. The van der Waals surface area contributed by atoms with Crippen molar-refractivity contribution < 1.29 is 13.2 Å². The van der Waals surface area contributed by atoms with E-state index in [1.807, 2.05) is 0 Å². The van der Waals surface area contributed by atoms with Crippen LogP contribution in [0.5, 0.6) is 0 Å². The van der Waals surface area contributed by atoms with E-state index in [0.717, 1.165) is 10.7 Å². The van der Waals surface area contributed by atoms with Gasteiger partial charge in [0, 0.05) is 16.4 Å². The molecule has 0 radical (unpaired) electrons. The molecule has 0 spiro atoms. The first-order chi connectivity index (χ1) is 7.80. The van der Waals surface area contributed by atoms with Gasteiger partial charge in [0.05, 0.1) is 5.03 Å². The Labute approximate surface area is 109 Å². The summed E-state index contributed by atoms with van der Waals surface area (Å²) in [5, 5.41) is 8.65. The highest BCUT2D eigenvalue weighted by Gasteiger charge is 2.36. The van der Waals surface area contributed by atoms with Crippen LogP contribution in [0, 0.1) is 5.41 Å². The Morgan fingerprint density at radius 3 is 2.29 bits per heavy atom. The minimum absolute atomic E-state index is 0.571. The lowest BCUT2D eigenvalue weighted by molar-refractivity contribution is -0.0586. The maximum atomic E-state index is 12.1. The lowest BCUT2D eigenvalue weighted by Crippen LogP contribution is -2.22. The molecule has 17 heavy (non-hydrogen) atoms. The van der Waals surface area contributed by atoms with Gasteiger partial charge in [-0.05, 0) is 24.3 Å². The van der Waals surface area contributed by atoms with Gasteiger partial charge in [-0.2, -0.15) is 13.2 Å². The predicted molar refractivity (Wildman–Crippen MR) is 65.5 cm³/mol. The third kappa shape index (κ3) is 4.40. The second kappa shape index (κ2) is 5.55. The molecule has 0 unspecified atom stereocenters. The van der Waals surface area contributed by atoms with Crippen LogP contribution in [0.15, 0.2) is 40.0 Å². The number of hydrogen-bond acceptors (Lipinski definition) is 2. The first-order valence-electron chi connectivity index (χ1n) is 4.34. The van der Waals surface area contributed by atoms with Crippen molar-refractivity contribution >= 4 is 38.9 Å². The lowest BCUT2D eigenvalue weighted by atomic mass is 10.3. The zero-order valence-electron chi connectivity index (χ0n) is 8.28. The Hall–Kier alpha value is -1.01. The molecule has 0 amide bonds. The maximum absolute atomic E-state index is 12.1. The largest absolute Gasteiger partial charge is 0.434 e. The van der Waals surface area contributed by atoms with E-state index < -0.39 is 16.9 Å². The van der Waals surface area contributed by atoms with Crippen molar-refractivity contribution in [2.45, 2.75) is 6.18 Å². The van der Waals surface area contributed by atoms with Crippen LogP contribution in [0.3, 0.4) is 0 Å². The number of alkyl halides is 3. The van der Waals surface area contributed by atoms with Crippen LogP contribution in [-0.4, -0.2) is 11.9 Å². The quantitative estimate of drug-likeness (QED) is 0.787. The molecule has 0 aromatic heterocycles. The SMILES string of the molecule is N=C(/C(Cl)=C\Nc1ccc(Br)cc1)C(F)(F)F. The van der Waals surface area contributed by atoms with Crippen molar-refractivity contribution in [3.8, 4) is 0 Å². The summed E-state index contributed by atoms with van der Waals surface area (Å²) in [5.74, 6) is 0. The molecule has 2 N–H and O–H groups in total. The molecule has 1 aromatic rings. The second-order valence-electron chi connectivity index (χ2n) is 3.02. The highest BCUT2D eigenvalue weighted by Crippen LogP contribution is 2.23. The van der Waals surface area contributed by atoms with Gasteiger partial charge in [0.25, 0.3) is 0 Å². The molecule has 1 rings (SSSR count). The average molecular weight is 328 g/mol. The topological polar surface area (TPSA) is 35.9 Å². The summed E-state index contributed by atoms with van der Waals surface area (Å²) in [5.41, 5.74) is -1.01. The second-order valence-corrected chi connectivity index (χ2v) is 4.34. The van der Waals surface area contributed by atoms with Crippen LogP contribution in [0.4, 0.5) is 18.9 Å². The Morgan fingerprint density at radius 1 is 1.29 bits per heavy atom. The minimum atomic E-state index is -4.74. The molecular formula is C10H7BrClF3N2. The molecule has 0 saturated heterocycles. The number of allylic oxidation sites excluding steroid dienone is 1. The van der Waals surface area contributed by atoms with Crippen molar-refractivity contribution in [2.24, 2.45) is 0 Å². The number of anilines is 1. The van der Waals surface area contributed by atoms with Crippen LogP contribution in [0.1, 0.15) is 0 Å². The predicted octanol–water partition coefficient (Wildman–Crippen LogP) is 4.52. The fraction of sp³-hybridized carbons (Fsp3) is 0.100. The number of rotatable bonds is 3. The Balaban J connectivity index is 2.71. The van der Waals surface area contributed by atoms with Crippen molar-refractivity contribution in [2.75, 3.05) is 5.32 Å². The van der Waals surface area contributed by atoms with E-state index in [1.54, 1.807) is 24.3 Å². The van der Waals surface area contributed by atoms with Gasteiger partial charge in [-0.25, -0.2) is 0 Å². The van der Waals surface area contributed by atoms with Crippen LogP contribution >= 0.6 is 27.5 Å². The van der Waals surface area contributed by atoms with Gasteiger partial charge in [-0.1, -0.05) is 27.5 Å². The van der Waals surface area contributed by atoms with Crippen molar-refractivity contribution in [1.29, 1.82) is 5.41 Å². The normalized spacial score (nSPS) is 12.4. The Bertz CT molecular complexity index is 440. The molecule has 0 bridgehead atoms. The molecule has 92 valence electrons. The zero-order valence-corrected chi connectivity index (χ0v) is 10.6. The third-order valence-electron chi connectivity index (χ3n) is 1.73. The highest BCUT2D eigenvalue weighted by atomic mass is 79.9. The molecule has 0 atom stereocenters. The average Bonchev–Trinajstić information content (AvgIpc) is 2.25. The van der Waals surface area contributed by atoms with E-state index in [-0.39, 0.29) is 0 Å². The van der Waals surface area contributed by atoms with E-state index in [1.165, 1.54) is 0 Å². The van der Waals surface area contributed by atoms with E-state index in [4.69, 9.17) is 17.0 Å². The summed E-state index contributed by atoms with van der Waals surface area (Å²) in [6, 6.07) is 6.75. The third-order valence-corrected chi connectivity index (χ3v) is 2.56. The summed E-state index contributed by atoms with van der Waals surface area (Å²) >= 11 is 8.56. The maximum Gasteiger partial charge on any atom is 0.434 e. The van der Waals surface area contributed by atoms with Crippen molar-refractivity contribution in [3.63, 3.8) is 0 Å². The summed E-state index contributed by atoms with van der Waals surface area (Å²) in [7, 11) is 0. The summed E-state index contributed by atoms with van der Waals surface area (Å²) in [6.45, 7) is 0. The van der Waals surface area contributed by atoms with Gasteiger partial charge in [0.15, 0.2) is 5.71 Å². The van der Waals surface area contributed by atoms with Gasteiger partial charge in [-0.15, -0.1) is 0 Å². The van der Waals surface area contributed by atoms with Gasteiger partial charge >= 0.3 is 6.18 Å². The van der Waals surface area contributed by atoms with Gasteiger partial charge in [0.1, 0.15) is 0 Å². The molecule has 7 heteroatoms. The lowest BCUT2D eigenvalue weighted by Gasteiger charge is -2.07. The number of benzene rings is 1. The molecule has 0 aliphatic rings. The van der Waals surface area contributed by atoms with E-state index in [2.05, 4.69) is 21.2 Å². The first-order valence-corrected chi connectivity index (χ1v) is 5.51. The van der Waals surface area contributed by atoms with Crippen molar-refractivity contribution in [1.82, 2.24) is 0 Å².